The number of rotatable bonds is 9. The number of para-hydroxylation sites is 2. The number of amides is 1. The summed E-state index contributed by atoms with van der Waals surface area (Å²) in [6, 6.07) is 20.9. The summed E-state index contributed by atoms with van der Waals surface area (Å²) in [5, 5.41) is 3.90. The van der Waals surface area contributed by atoms with Crippen molar-refractivity contribution in [2.24, 2.45) is 0 Å². The van der Waals surface area contributed by atoms with Gasteiger partial charge in [0.25, 0.3) is 5.91 Å². The number of aromatic nitrogens is 1. The molecule has 0 fully saturated rings. The van der Waals surface area contributed by atoms with Crippen LogP contribution in [0.5, 0.6) is 11.5 Å². The summed E-state index contributed by atoms with van der Waals surface area (Å²) >= 11 is 0. The number of carbonyl (C=O) groups excluding carboxylic acids is 1. The zero-order chi connectivity index (χ0) is 20.6. The monoisotopic (exact) mass is 402 g/mol. The highest BCUT2D eigenvalue weighted by Crippen LogP contribution is 2.23. The Morgan fingerprint density at radius 3 is 2.73 bits per heavy atom. The molecule has 0 radical (unpaired) electrons. The van der Waals surface area contributed by atoms with E-state index in [-0.39, 0.29) is 18.3 Å². The minimum atomic E-state index is -0.265. The van der Waals surface area contributed by atoms with Crippen LogP contribution in [0.15, 0.2) is 83.6 Å². The lowest BCUT2D eigenvalue weighted by Crippen LogP contribution is -2.26. The third-order valence-electron chi connectivity index (χ3n) is 4.55. The van der Waals surface area contributed by atoms with Gasteiger partial charge >= 0.3 is 0 Å². The maximum atomic E-state index is 12.4. The van der Waals surface area contributed by atoms with Crippen LogP contribution in [-0.4, -0.2) is 24.0 Å². The minimum Gasteiger partial charge on any atom is -0.491 e. The van der Waals surface area contributed by atoms with E-state index in [1.54, 1.807) is 12.3 Å². The Bertz CT molecular complexity index is 1100. The average molecular weight is 402 g/mol. The minimum absolute atomic E-state index is 0.264. The molecule has 0 saturated heterocycles. The van der Waals surface area contributed by atoms with Gasteiger partial charge in [-0.1, -0.05) is 36.4 Å². The van der Waals surface area contributed by atoms with Crippen molar-refractivity contribution in [3.05, 3.63) is 90.5 Å². The van der Waals surface area contributed by atoms with Gasteiger partial charge in [-0.3, -0.25) is 9.78 Å². The van der Waals surface area contributed by atoms with Crippen LogP contribution in [0.2, 0.25) is 0 Å². The fourth-order valence-electron chi connectivity index (χ4n) is 3.06. The van der Waals surface area contributed by atoms with Gasteiger partial charge in [-0.05, 0) is 36.8 Å². The van der Waals surface area contributed by atoms with Crippen LogP contribution in [0.3, 0.4) is 0 Å². The second kappa shape index (κ2) is 9.60. The number of pyridine rings is 1. The number of hydrogen-bond acceptors (Lipinski definition) is 5. The smallest absolute Gasteiger partial charge is 0.287 e. The second-order valence-corrected chi connectivity index (χ2v) is 6.67. The number of carbonyl (C=O) groups is 1. The van der Waals surface area contributed by atoms with E-state index in [4.69, 9.17) is 13.9 Å². The lowest BCUT2D eigenvalue weighted by molar-refractivity contribution is 0.0920. The molecule has 2 heterocycles. The standard InChI is InChI=1S/C24H22N2O4/c27-24(23-19(12-16-29-23)17-30-20-9-2-1-3-10-20)26-14-6-15-28-21-11-4-7-18-8-5-13-25-22(18)21/h1-5,7-13,16H,6,14-15,17H2,(H,26,27). The van der Waals surface area contributed by atoms with Crippen molar-refractivity contribution >= 4 is 16.8 Å². The van der Waals surface area contributed by atoms with E-state index in [0.717, 1.165) is 22.4 Å². The van der Waals surface area contributed by atoms with E-state index in [1.165, 1.54) is 6.26 Å². The van der Waals surface area contributed by atoms with Crippen molar-refractivity contribution in [1.29, 1.82) is 0 Å². The summed E-state index contributed by atoms with van der Waals surface area (Å²) < 4.78 is 16.9. The molecule has 2 aromatic heterocycles. The summed E-state index contributed by atoms with van der Waals surface area (Å²) in [4.78, 5) is 16.8. The van der Waals surface area contributed by atoms with Crippen molar-refractivity contribution < 1.29 is 18.7 Å². The molecular weight excluding hydrogens is 380 g/mol. The lowest BCUT2D eigenvalue weighted by Gasteiger charge is -2.09. The van der Waals surface area contributed by atoms with Gasteiger partial charge in [-0.25, -0.2) is 0 Å². The van der Waals surface area contributed by atoms with Gasteiger partial charge in [0, 0.05) is 23.7 Å². The largest absolute Gasteiger partial charge is 0.491 e. The zero-order valence-electron chi connectivity index (χ0n) is 16.4. The van der Waals surface area contributed by atoms with Crippen molar-refractivity contribution in [2.75, 3.05) is 13.2 Å². The molecule has 4 rings (SSSR count). The summed E-state index contributed by atoms with van der Waals surface area (Å²) in [5.41, 5.74) is 1.54. The zero-order valence-corrected chi connectivity index (χ0v) is 16.4. The fourth-order valence-corrected chi connectivity index (χ4v) is 3.06. The van der Waals surface area contributed by atoms with Gasteiger partial charge in [-0.15, -0.1) is 0 Å². The number of nitrogens with one attached hydrogen (secondary N) is 1. The molecule has 6 nitrogen and oxygen atoms in total. The Morgan fingerprint density at radius 1 is 0.967 bits per heavy atom. The van der Waals surface area contributed by atoms with E-state index in [0.29, 0.717) is 25.1 Å². The highest BCUT2D eigenvalue weighted by molar-refractivity contribution is 5.92. The number of fused-ring (bicyclic) bond motifs is 1. The van der Waals surface area contributed by atoms with Crippen molar-refractivity contribution in [3.63, 3.8) is 0 Å². The predicted molar refractivity (Wildman–Crippen MR) is 114 cm³/mol. The number of nitrogens with zero attached hydrogens (tertiary/aromatic N) is 1. The quantitative estimate of drug-likeness (QED) is 0.414. The van der Waals surface area contributed by atoms with Crippen LogP contribution in [0.4, 0.5) is 0 Å². The van der Waals surface area contributed by atoms with E-state index < -0.39 is 0 Å². The molecule has 0 bridgehead atoms. The van der Waals surface area contributed by atoms with Crippen molar-refractivity contribution in [1.82, 2.24) is 10.3 Å². The van der Waals surface area contributed by atoms with E-state index in [2.05, 4.69) is 10.3 Å². The van der Waals surface area contributed by atoms with Crippen LogP contribution in [0, 0.1) is 0 Å². The molecule has 152 valence electrons. The van der Waals surface area contributed by atoms with Crippen molar-refractivity contribution in [3.8, 4) is 11.5 Å². The van der Waals surface area contributed by atoms with Crippen molar-refractivity contribution in [2.45, 2.75) is 13.0 Å². The molecule has 4 aromatic rings. The Labute approximate surface area is 174 Å². The summed E-state index contributed by atoms with van der Waals surface area (Å²) in [5.74, 6) is 1.49. The molecule has 0 atom stereocenters. The molecule has 1 N–H and O–H groups in total. The third-order valence-corrected chi connectivity index (χ3v) is 4.55. The highest BCUT2D eigenvalue weighted by Gasteiger charge is 2.15. The first-order valence-corrected chi connectivity index (χ1v) is 9.80. The first-order valence-electron chi connectivity index (χ1n) is 9.80. The SMILES string of the molecule is O=C(NCCCOc1cccc2cccnc12)c1occc1COc1ccccc1. The highest BCUT2D eigenvalue weighted by atomic mass is 16.5. The molecule has 6 heteroatoms. The molecule has 0 saturated carbocycles. The maximum absolute atomic E-state index is 12.4. The number of benzene rings is 2. The molecule has 0 aliphatic carbocycles. The van der Waals surface area contributed by atoms with Gasteiger partial charge < -0.3 is 19.2 Å². The Balaban J connectivity index is 1.24. The van der Waals surface area contributed by atoms with Crippen LogP contribution in [-0.2, 0) is 6.61 Å². The van der Waals surface area contributed by atoms with Crippen LogP contribution < -0.4 is 14.8 Å². The van der Waals surface area contributed by atoms with Gasteiger partial charge in [0.1, 0.15) is 23.6 Å². The Hall–Kier alpha value is -3.80. The molecule has 0 aliphatic rings. The predicted octanol–water partition coefficient (Wildman–Crippen LogP) is 4.61. The normalized spacial score (nSPS) is 10.7. The summed E-state index contributed by atoms with van der Waals surface area (Å²) in [6.07, 6.45) is 3.90. The number of hydrogen-bond donors (Lipinski definition) is 1. The summed E-state index contributed by atoms with van der Waals surface area (Å²) in [6.45, 7) is 1.20. The molecule has 2 aromatic carbocycles. The van der Waals surface area contributed by atoms with Crippen LogP contribution in [0.25, 0.3) is 10.9 Å². The Kier molecular flexibility index (Phi) is 6.25. The summed E-state index contributed by atoms with van der Waals surface area (Å²) in [7, 11) is 0. The number of ether oxygens (including phenoxy) is 2. The molecule has 30 heavy (non-hydrogen) atoms. The first kappa shape index (κ1) is 19.5. The van der Waals surface area contributed by atoms with Gasteiger partial charge in [0.15, 0.2) is 5.76 Å². The van der Waals surface area contributed by atoms with Gasteiger partial charge in [0.05, 0.1) is 12.9 Å². The molecular formula is C24H22N2O4. The van der Waals surface area contributed by atoms with Crippen LogP contribution in [0.1, 0.15) is 22.5 Å². The molecule has 0 unspecified atom stereocenters. The van der Waals surface area contributed by atoms with Gasteiger partial charge in [-0.2, -0.15) is 0 Å². The Morgan fingerprint density at radius 2 is 1.83 bits per heavy atom. The molecule has 0 aliphatic heterocycles. The average Bonchev–Trinajstić information content (AvgIpc) is 3.27. The van der Waals surface area contributed by atoms with Gasteiger partial charge in [0.2, 0.25) is 0 Å². The topological polar surface area (TPSA) is 73.6 Å². The lowest BCUT2D eigenvalue weighted by atomic mass is 10.2. The van der Waals surface area contributed by atoms with Crippen LogP contribution >= 0.6 is 0 Å². The third kappa shape index (κ3) is 4.78. The fraction of sp³-hybridized carbons (Fsp3) is 0.167. The first-order chi connectivity index (χ1) is 14.8. The molecule has 1 amide bonds. The number of furan rings is 1. The van der Waals surface area contributed by atoms with E-state index >= 15 is 0 Å². The second-order valence-electron chi connectivity index (χ2n) is 6.67. The maximum Gasteiger partial charge on any atom is 0.287 e. The molecule has 0 spiro atoms. The van der Waals surface area contributed by atoms with E-state index in [1.807, 2.05) is 60.7 Å². The van der Waals surface area contributed by atoms with E-state index in [9.17, 15) is 4.79 Å².